The fourth-order valence-corrected chi connectivity index (χ4v) is 2.99. The van der Waals surface area contributed by atoms with Crippen molar-refractivity contribution in [3.8, 4) is 0 Å². The maximum atomic E-state index is 12.5. The number of rotatable bonds is 6. The molecular formula is C19H18N2O3S. The van der Waals surface area contributed by atoms with Crippen LogP contribution in [0.2, 0.25) is 0 Å². The van der Waals surface area contributed by atoms with Crippen molar-refractivity contribution in [1.29, 1.82) is 0 Å². The van der Waals surface area contributed by atoms with Crippen molar-refractivity contribution in [2.75, 3.05) is 0 Å². The van der Waals surface area contributed by atoms with Gasteiger partial charge in [0.2, 0.25) is 0 Å². The lowest BCUT2D eigenvalue weighted by Gasteiger charge is -2.07. The molecule has 25 heavy (non-hydrogen) atoms. The Morgan fingerprint density at radius 3 is 2.44 bits per heavy atom. The minimum atomic E-state index is -0.583. The SMILES string of the molecule is O=C(/C=C/c1ccc(C=C(C(=O)NC2CC2)c2cccs2)cc1)NO. The van der Waals surface area contributed by atoms with Gasteiger partial charge in [0.1, 0.15) is 0 Å². The van der Waals surface area contributed by atoms with Gasteiger partial charge in [-0.1, -0.05) is 30.3 Å². The number of carbonyl (C=O) groups is 2. The average molecular weight is 354 g/mol. The molecule has 1 aromatic heterocycles. The summed E-state index contributed by atoms with van der Waals surface area (Å²) in [5, 5.41) is 13.5. The van der Waals surface area contributed by atoms with Crippen LogP contribution < -0.4 is 10.8 Å². The van der Waals surface area contributed by atoms with Crippen LogP contribution in [-0.2, 0) is 9.59 Å². The molecule has 0 saturated heterocycles. The second kappa shape index (κ2) is 7.92. The molecule has 3 rings (SSSR count). The Balaban J connectivity index is 1.80. The highest BCUT2D eigenvalue weighted by molar-refractivity contribution is 7.11. The van der Waals surface area contributed by atoms with E-state index >= 15 is 0 Å². The van der Waals surface area contributed by atoms with E-state index < -0.39 is 5.91 Å². The molecule has 0 spiro atoms. The zero-order chi connectivity index (χ0) is 17.6. The molecule has 3 N–H and O–H groups in total. The number of benzene rings is 1. The highest BCUT2D eigenvalue weighted by Crippen LogP contribution is 2.26. The molecule has 128 valence electrons. The van der Waals surface area contributed by atoms with Gasteiger partial charge >= 0.3 is 0 Å². The fourth-order valence-electron chi connectivity index (χ4n) is 2.25. The quantitative estimate of drug-likeness (QED) is 0.424. The normalized spacial score (nSPS) is 14.5. The molecule has 1 fully saturated rings. The first kappa shape index (κ1) is 17.1. The number of carbonyl (C=O) groups excluding carboxylic acids is 2. The molecular weight excluding hydrogens is 336 g/mol. The lowest BCUT2D eigenvalue weighted by molar-refractivity contribution is -0.124. The minimum absolute atomic E-state index is 0.0476. The third-order valence-corrected chi connectivity index (χ3v) is 4.63. The largest absolute Gasteiger partial charge is 0.349 e. The van der Waals surface area contributed by atoms with Gasteiger partial charge in [-0.15, -0.1) is 11.3 Å². The Labute approximate surface area is 149 Å². The van der Waals surface area contributed by atoms with Crippen LogP contribution in [0.5, 0.6) is 0 Å². The van der Waals surface area contributed by atoms with Crippen LogP contribution in [0.4, 0.5) is 0 Å². The lowest BCUT2D eigenvalue weighted by atomic mass is 10.1. The van der Waals surface area contributed by atoms with Crippen LogP contribution in [0.3, 0.4) is 0 Å². The van der Waals surface area contributed by atoms with Crippen molar-refractivity contribution in [3.63, 3.8) is 0 Å². The van der Waals surface area contributed by atoms with E-state index in [2.05, 4.69) is 5.32 Å². The Hall–Kier alpha value is -2.70. The molecule has 0 radical (unpaired) electrons. The number of hydroxylamine groups is 1. The molecule has 0 atom stereocenters. The zero-order valence-corrected chi connectivity index (χ0v) is 14.3. The molecule has 2 amide bonds. The predicted octanol–water partition coefficient (Wildman–Crippen LogP) is 3.09. The summed E-state index contributed by atoms with van der Waals surface area (Å²) >= 11 is 1.53. The van der Waals surface area contributed by atoms with Gasteiger partial charge in [-0.2, -0.15) is 0 Å². The van der Waals surface area contributed by atoms with E-state index in [1.807, 2.05) is 47.9 Å². The van der Waals surface area contributed by atoms with Gasteiger partial charge < -0.3 is 5.32 Å². The topological polar surface area (TPSA) is 78.4 Å². The third-order valence-electron chi connectivity index (χ3n) is 3.73. The fraction of sp³-hybridized carbons (Fsp3) is 0.158. The van der Waals surface area contributed by atoms with Crippen molar-refractivity contribution >= 4 is 40.9 Å². The first-order valence-corrected chi connectivity index (χ1v) is 8.82. The van der Waals surface area contributed by atoms with Gasteiger partial charge in [0.25, 0.3) is 11.8 Å². The monoisotopic (exact) mass is 354 g/mol. The first-order valence-electron chi connectivity index (χ1n) is 7.94. The van der Waals surface area contributed by atoms with Crippen LogP contribution >= 0.6 is 11.3 Å². The molecule has 5 nitrogen and oxygen atoms in total. The maximum absolute atomic E-state index is 12.5. The summed E-state index contributed by atoms with van der Waals surface area (Å²) in [6.45, 7) is 0. The Kier molecular flexibility index (Phi) is 5.42. The summed E-state index contributed by atoms with van der Waals surface area (Å²) in [5.41, 5.74) is 3.92. The lowest BCUT2D eigenvalue weighted by Crippen LogP contribution is -2.26. The van der Waals surface area contributed by atoms with Gasteiger partial charge in [-0.3, -0.25) is 14.8 Å². The smallest absolute Gasteiger partial charge is 0.267 e. The summed E-state index contributed by atoms with van der Waals surface area (Å²) in [5.74, 6) is -0.630. The van der Waals surface area contributed by atoms with Crippen LogP contribution in [0.25, 0.3) is 17.7 Å². The standard InChI is InChI=1S/C19H18N2O3S/c22-18(21-24)10-7-13-3-5-14(6-4-13)12-16(17-2-1-11-25-17)19(23)20-15-8-9-15/h1-7,10-12,15,24H,8-9H2,(H,20,23)(H,21,22)/b10-7+,16-12?. The second-order valence-corrected chi connectivity index (χ2v) is 6.71. The Morgan fingerprint density at radius 1 is 1.12 bits per heavy atom. The van der Waals surface area contributed by atoms with Crippen LogP contribution in [-0.4, -0.2) is 23.1 Å². The number of nitrogens with one attached hydrogen (secondary N) is 2. The average Bonchev–Trinajstić information content (AvgIpc) is 3.28. The number of thiophene rings is 1. The van der Waals surface area contributed by atoms with Crippen molar-refractivity contribution in [3.05, 3.63) is 63.9 Å². The summed E-state index contributed by atoms with van der Waals surface area (Å²) in [4.78, 5) is 24.5. The first-order chi connectivity index (χ1) is 12.2. The van der Waals surface area contributed by atoms with E-state index in [1.54, 1.807) is 11.6 Å². The van der Waals surface area contributed by atoms with Gasteiger partial charge in [0.15, 0.2) is 0 Å². The number of amides is 2. The summed E-state index contributed by atoms with van der Waals surface area (Å²) in [6.07, 6.45) is 6.80. The van der Waals surface area contributed by atoms with Gasteiger partial charge in [-0.25, -0.2) is 5.48 Å². The van der Waals surface area contributed by atoms with Gasteiger partial charge in [-0.05, 0) is 47.6 Å². The van der Waals surface area contributed by atoms with Crippen molar-refractivity contribution < 1.29 is 14.8 Å². The van der Waals surface area contributed by atoms with Crippen LogP contribution in [0, 0.1) is 0 Å². The third kappa shape index (κ3) is 4.89. The van der Waals surface area contributed by atoms with Crippen LogP contribution in [0.1, 0.15) is 28.8 Å². The number of hydrogen-bond donors (Lipinski definition) is 3. The Morgan fingerprint density at radius 2 is 1.84 bits per heavy atom. The number of hydrogen-bond acceptors (Lipinski definition) is 4. The van der Waals surface area contributed by atoms with E-state index in [0.717, 1.165) is 28.8 Å². The highest BCUT2D eigenvalue weighted by Gasteiger charge is 2.25. The summed E-state index contributed by atoms with van der Waals surface area (Å²) in [7, 11) is 0. The summed E-state index contributed by atoms with van der Waals surface area (Å²) in [6, 6.07) is 11.6. The molecule has 1 aliphatic rings. The van der Waals surface area contributed by atoms with E-state index in [9.17, 15) is 9.59 Å². The van der Waals surface area contributed by atoms with Gasteiger partial charge in [0.05, 0.1) is 5.57 Å². The minimum Gasteiger partial charge on any atom is -0.349 e. The molecule has 1 saturated carbocycles. The molecule has 1 aliphatic carbocycles. The van der Waals surface area contributed by atoms with Crippen LogP contribution in [0.15, 0.2) is 47.9 Å². The molecule has 1 aromatic carbocycles. The summed E-state index contributed by atoms with van der Waals surface area (Å²) < 4.78 is 0. The molecule has 6 heteroatoms. The van der Waals surface area contributed by atoms with Gasteiger partial charge in [0, 0.05) is 17.0 Å². The maximum Gasteiger partial charge on any atom is 0.267 e. The van der Waals surface area contributed by atoms with E-state index in [-0.39, 0.29) is 5.91 Å². The predicted molar refractivity (Wildman–Crippen MR) is 98.8 cm³/mol. The second-order valence-electron chi connectivity index (χ2n) is 5.76. The molecule has 0 aliphatic heterocycles. The van der Waals surface area contributed by atoms with Crippen molar-refractivity contribution in [1.82, 2.24) is 10.8 Å². The van der Waals surface area contributed by atoms with E-state index in [1.165, 1.54) is 17.4 Å². The zero-order valence-electron chi connectivity index (χ0n) is 13.4. The van der Waals surface area contributed by atoms with E-state index in [0.29, 0.717) is 11.6 Å². The molecule has 0 bridgehead atoms. The van der Waals surface area contributed by atoms with Crippen molar-refractivity contribution in [2.45, 2.75) is 18.9 Å². The Bertz CT molecular complexity index is 804. The molecule has 1 heterocycles. The highest BCUT2D eigenvalue weighted by atomic mass is 32.1. The van der Waals surface area contributed by atoms with Crippen molar-refractivity contribution in [2.24, 2.45) is 0 Å². The molecule has 2 aromatic rings. The molecule has 0 unspecified atom stereocenters. The van der Waals surface area contributed by atoms with E-state index in [4.69, 9.17) is 5.21 Å².